The van der Waals surface area contributed by atoms with Gasteiger partial charge in [-0.25, -0.2) is 0 Å². The molecule has 0 spiro atoms. The van der Waals surface area contributed by atoms with Gasteiger partial charge in [0.05, 0.1) is 21.8 Å². The molecule has 0 bridgehead atoms. The summed E-state index contributed by atoms with van der Waals surface area (Å²) in [7, 11) is 0. The van der Waals surface area contributed by atoms with E-state index in [1.165, 1.54) is 6.08 Å². The van der Waals surface area contributed by atoms with Gasteiger partial charge < -0.3 is 15.2 Å². The zero-order valence-electron chi connectivity index (χ0n) is 13.2. The molecule has 0 saturated carbocycles. The van der Waals surface area contributed by atoms with E-state index < -0.39 is 5.91 Å². The number of hydrogen-bond donors (Lipinski definition) is 2. The number of nitriles is 1. The van der Waals surface area contributed by atoms with Crippen molar-refractivity contribution in [3.8, 4) is 17.6 Å². The summed E-state index contributed by atoms with van der Waals surface area (Å²) in [5.41, 5.74) is 0.830. The van der Waals surface area contributed by atoms with Crippen molar-refractivity contribution >= 4 is 45.2 Å². The second kappa shape index (κ2) is 8.56. The Bertz CT molecular complexity index is 875. The number of phenols is 1. The summed E-state index contributed by atoms with van der Waals surface area (Å²) < 4.78 is 5.73. The highest BCUT2D eigenvalue weighted by atomic mass is 79.9. The minimum atomic E-state index is -0.585. The minimum Gasteiger partial charge on any atom is -0.503 e. The maximum Gasteiger partial charge on any atom is 0.266 e. The van der Waals surface area contributed by atoms with Crippen LogP contribution in [0, 0.1) is 11.3 Å². The van der Waals surface area contributed by atoms with E-state index in [4.69, 9.17) is 16.3 Å². The fourth-order valence-corrected chi connectivity index (χ4v) is 2.65. The molecular weight excluding hydrogens is 408 g/mol. The van der Waals surface area contributed by atoms with Gasteiger partial charge in [0.2, 0.25) is 0 Å². The highest BCUT2D eigenvalue weighted by Gasteiger charge is 2.13. The number of hydrogen-bond acceptors (Lipinski definition) is 4. The Kier molecular flexibility index (Phi) is 6.45. The topological polar surface area (TPSA) is 82.3 Å². The number of rotatable bonds is 5. The largest absolute Gasteiger partial charge is 0.503 e. The number of anilines is 1. The molecule has 0 unspecified atom stereocenters. The summed E-state index contributed by atoms with van der Waals surface area (Å²) in [5.74, 6) is -0.372. The average Bonchev–Trinajstić information content (AvgIpc) is 2.59. The zero-order valence-corrected chi connectivity index (χ0v) is 15.6. The van der Waals surface area contributed by atoms with Crippen molar-refractivity contribution in [3.63, 3.8) is 0 Å². The third-order valence-corrected chi connectivity index (χ3v) is 4.08. The van der Waals surface area contributed by atoms with Gasteiger partial charge in [-0.15, -0.1) is 0 Å². The number of nitrogens with one attached hydrogen (secondary N) is 1. The molecule has 0 atom stereocenters. The molecule has 5 nitrogen and oxygen atoms in total. The van der Waals surface area contributed by atoms with Gasteiger partial charge in [0.25, 0.3) is 5.91 Å². The molecule has 2 aromatic rings. The normalized spacial score (nSPS) is 10.9. The monoisotopic (exact) mass is 420 g/mol. The lowest BCUT2D eigenvalue weighted by Crippen LogP contribution is -2.13. The van der Waals surface area contributed by atoms with Crippen LogP contribution in [0.4, 0.5) is 5.69 Å². The highest BCUT2D eigenvalue weighted by Crippen LogP contribution is 2.36. The predicted octanol–water partition coefficient (Wildman–Crippen LogP) is 4.75. The fraction of sp³-hybridized carbons (Fsp3) is 0.111. The molecule has 25 heavy (non-hydrogen) atoms. The molecule has 2 rings (SSSR count). The number of carbonyl (C=O) groups excluding carboxylic acids is 1. The van der Waals surface area contributed by atoms with Crippen LogP contribution in [0.25, 0.3) is 6.08 Å². The van der Waals surface area contributed by atoms with Crippen LogP contribution in [0.1, 0.15) is 12.5 Å². The molecule has 0 aromatic heterocycles. The molecule has 2 N–H and O–H groups in total. The molecule has 0 aliphatic carbocycles. The van der Waals surface area contributed by atoms with Crippen molar-refractivity contribution < 1.29 is 14.6 Å². The van der Waals surface area contributed by atoms with Crippen LogP contribution < -0.4 is 10.1 Å². The van der Waals surface area contributed by atoms with Crippen molar-refractivity contribution in [2.45, 2.75) is 6.92 Å². The van der Waals surface area contributed by atoms with E-state index in [9.17, 15) is 15.2 Å². The summed E-state index contributed by atoms with van der Waals surface area (Å²) in [6, 6.07) is 11.7. The molecule has 128 valence electrons. The van der Waals surface area contributed by atoms with Crippen LogP contribution in [-0.2, 0) is 4.79 Å². The molecule has 0 radical (unpaired) electrons. The number of nitrogens with zero attached hydrogens (tertiary/aromatic N) is 1. The van der Waals surface area contributed by atoms with E-state index in [2.05, 4.69) is 21.2 Å². The average molecular weight is 422 g/mol. The first-order chi connectivity index (χ1) is 12.0. The third kappa shape index (κ3) is 4.75. The summed E-state index contributed by atoms with van der Waals surface area (Å²) in [5, 5.41) is 22.2. The van der Waals surface area contributed by atoms with E-state index in [-0.39, 0.29) is 17.1 Å². The standard InChI is InChI=1S/C18H14BrClN2O3/c1-2-25-16-9-11(8-13(19)17(16)23)7-12(10-21)18(24)22-15-6-4-3-5-14(15)20/h3-9,23H,2H2,1H3,(H,22,24)/b12-7-. The Morgan fingerprint density at radius 2 is 2.16 bits per heavy atom. The Hall–Kier alpha value is -2.49. The Balaban J connectivity index is 2.32. The van der Waals surface area contributed by atoms with Crippen LogP contribution in [-0.4, -0.2) is 17.6 Å². The minimum absolute atomic E-state index is 0.0435. The maximum atomic E-state index is 12.3. The third-order valence-electron chi connectivity index (χ3n) is 3.15. The second-order valence-electron chi connectivity index (χ2n) is 4.89. The van der Waals surface area contributed by atoms with E-state index in [1.807, 2.05) is 6.07 Å². The van der Waals surface area contributed by atoms with Gasteiger partial charge in [-0.05, 0) is 58.8 Å². The van der Waals surface area contributed by atoms with E-state index in [0.29, 0.717) is 27.4 Å². The van der Waals surface area contributed by atoms with Gasteiger partial charge in [0, 0.05) is 0 Å². The molecule has 0 aliphatic rings. The molecule has 2 aromatic carbocycles. The molecule has 1 amide bonds. The van der Waals surface area contributed by atoms with Crippen molar-refractivity contribution in [1.29, 1.82) is 5.26 Å². The van der Waals surface area contributed by atoms with E-state index in [1.54, 1.807) is 43.3 Å². The molecule has 0 fully saturated rings. The first-order valence-electron chi connectivity index (χ1n) is 7.29. The van der Waals surface area contributed by atoms with Crippen molar-refractivity contribution in [2.24, 2.45) is 0 Å². The van der Waals surface area contributed by atoms with Gasteiger partial charge >= 0.3 is 0 Å². The quantitative estimate of drug-likeness (QED) is 0.539. The maximum absolute atomic E-state index is 12.3. The summed E-state index contributed by atoms with van der Waals surface area (Å²) >= 11 is 9.22. The Morgan fingerprint density at radius 3 is 2.80 bits per heavy atom. The molecule has 7 heteroatoms. The molecule has 0 aliphatic heterocycles. The van der Waals surface area contributed by atoms with Gasteiger partial charge in [-0.1, -0.05) is 23.7 Å². The number of amides is 1. The lowest BCUT2D eigenvalue weighted by molar-refractivity contribution is -0.112. The summed E-state index contributed by atoms with van der Waals surface area (Å²) in [6.07, 6.45) is 1.40. The molecular formula is C18H14BrClN2O3. The van der Waals surface area contributed by atoms with Gasteiger partial charge in [0.15, 0.2) is 11.5 Å². The number of para-hydroxylation sites is 1. The second-order valence-corrected chi connectivity index (χ2v) is 6.15. The van der Waals surface area contributed by atoms with Crippen molar-refractivity contribution in [1.82, 2.24) is 0 Å². The van der Waals surface area contributed by atoms with Gasteiger partial charge in [0.1, 0.15) is 11.6 Å². The van der Waals surface area contributed by atoms with Crippen LogP contribution in [0.2, 0.25) is 5.02 Å². The van der Waals surface area contributed by atoms with Crippen molar-refractivity contribution in [2.75, 3.05) is 11.9 Å². The highest BCUT2D eigenvalue weighted by molar-refractivity contribution is 9.10. The smallest absolute Gasteiger partial charge is 0.266 e. The summed E-state index contributed by atoms with van der Waals surface area (Å²) in [6.45, 7) is 2.15. The number of halogens is 2. The van der Waals surface area contributed by atoms with Crippen LogP contribution >= 0.6 is 27.5 Å². The number of carbonyl (C=O) groups is 1. The van der Waals surface area contributed by atoms with Crippen LogP contribution in [0.5, 0.6) is 11.5 Å². The van der Waals surface area contributed by atoms with Crippen LogP contribution in [0.15, 0.2) is 46.4 Å². The number of benzene rings is 2. The SMILES string of the molecule is CCOc1cc(/C=C(/C#N)C(=O)Nc2ccccc2Cl)cc(Br)c1O. The zero-order chi connectivity index (χ0) is 18.4. The Morgan fingerprint density at radius 1 is 1.44 bits per heavy atom. The molecule has 0 saturated heterocycles. The number of aromatic hydroxyl groups is 1. The summed E-state index contributed by atoms with van der Waals surface area (Å²) in [4.78, 5) is 12.3. The first-order valence-corrected chi connectivity index (χ1v) is 8.46. The lowest BCUT2D eigenvalue weighted by atomic mass is 10.1. The fourth-order valence-electron chi connectivity index (χ4n) is 2.01. The number of ether oxygens (including phenoxy) is 1. The van der Waals surface area contributed by atoms with E-state index in [0.717, 1.165) is 0 Å². The van der Waals surface area contributed by atoms with Gasteiger partial charge in [-0.3, -0.25) is 4.79 Å². The lowest BCUT2D eigenvalue weighted by Gasteiger charge is -2.09. The van der Waals surface area contributed by atoms with Crippen molar-refractivity contribution in [3.05, 3.63) is 57.0 Å². The number of phenolic OH excluding ortho intramolecular Hbond substituents is 1. The molecule has 0 heterocycles. The predicted molar refractivity (Wildman–Crippen MR) is 101 cm³/mol. The van der Waals surface area contributed by atoms with Crippen LogP contribution in [0.3, 0.4) is 0 Å². The van der Waals surface area contributed by atoms with Gasteiger partial charge in [-0.2, -0.15) is 5.26 Å². The first kappa shape index (κ1) is 18.8. The Labute approximate surface area is 158 Å². The van der Waals surface area contributed by atoms with E-state index >= 15 is 0 Å².